The van der Waals surface area contributed by atoms with Crippen molar-refractivity contribution in [2.24, 2.45) is 5.73 Å². The Labute approximate surface area is 140 Å². The van der Waals surface area contributed by atoms with Gasteiger partial charge >= 0.3 is 0 Å². The minimum absolute atomic E-state index is 0.0320. The molecule has 3 N–H and O–H groups in total. The maximum absolute atomic E-state index is 12.6. The van der Waals surface area contributed by atoms with Crippen molar-refractivity contribution in [3.63, 3.8) is 0 Å². The van der Waals surface area contributed by atoms with E-state index in [4.69, 9.17) is 10.2 Å². The average molecular weight is 327 g/mol. The van der Waals surface area contributed by atoms with Gasteiger partial charge in [0.1, 0.15) is 0 Å². The van der Waals surface area contributed by atoms with Gasteiger partial charge in [0.25, 0.3) is 11.8 Å². The predicted octanol–water partition coefficient (Wildman–Crippen LogP) is 2.40. The van der Waals surface area contributed by atoms with E-state index in [9.17, 15) is 9.59 Å². The minimum Gasteiger partial charge on any atom is -0.459 e. The largest absolute Gasteiger partial charge is 0.459 e. The Morgan fingerprint density at radius 1 is 1.25 bits per heavy atom. The van der Waals surface area contributed by atoms with Crippen LogP contribution in [-0.2, 0) is 0 Å². The topological polar surface area (TPSA) is 88.6 Å². The second kappa shape index (κ2) is 6.88. The molecule has 3 rings (SSSR count). The van der Waals surface area contributed by atoms with E-state index in [0.29, 0.717) is 24.3 Å². The Kier molecular flexibility index (Phi) is 4.66. The number of hydrogen-bond donors (Lipinski definition) is 2. The third-order valence-corrected chi connectivity index (χ3v) is 4.30. The van der Waals surface area contributed by atoms with E-state index >= 15 is 0 Å². The van der Waals surface area contributed by atoms with Crippen LogP contribution in [0.3, 0.4) is 0 Å². The number of piperidine rings is 1. The zero-order chi connectivity index (χ0) is 17.1. The quantitative estimate of drug-likeness (QED) is 0.906. The summed E-state index contributed by atoms with van der Waals surface area (Å²) in [7, 11) is 0. The molecule has 24 heavy (non-hydrogen) atoms. The first kappa shape index (κ1) is 16.3. The van der Waals surface area contributed by atoms with Crippen molar-refractivity contribution in [2.45, 2.75) is 25.8 Å². The van der Waals surface area contributed by atoms with E-state index in [1.54, 1.807) is 24.3 Å². The van der Waals surface area contributed by atoms with E-state index in [-0.39, 0.29) is 23.6 Å². The summed E-state index contributed by atoms with van der Waals surface area (Å²) in [5, 5.41) is 2.79. The second-order valence-electron chi connectivity index (χ2n) is 6.09. The summed E-state index contributed by atoms with van der Waals surface area (Å²) < 4.78 is 5.09. The summed E-state index contributed by atoms with van der Waals surface area (Å²) in [5.74, 6) is -0.136. The van der Waals surface area contributed by atoms with Gasteiger partial charge in [-0.05, 0) is 49.6 Å². The van der Waals surface area contributed by atoms with E-state index in [1.165, 1.54) is 6.26 Å². The normalized spacial score (nSPS) is 15.3. The smallest absolute Gasteiger partial charge is 0.291 e. The van der Waals surface area contributed by atoms with Crippen molar-refractivity contribution >= 4 is 17.5 Å². The average Bonchev–Trinajstić information content (AvgIpc) is 3.11. The van der Waals surface area contributed by atoms with Crippen molar-refractivity contribution in [3.05, 3.63) is 53.5 Å². The van der Waals surface area contributed by atoms with Crippen molar-refractivity contribution in [2.75, 3.05) is 18.4 Å². The number of nitrogens with one attached hydrogen (secondary N) is 1. The number of aryl methyl sites for hydroxylation is 1. The first-order valence-corrected chi connectivity index (χ1v) is 8.05. The molecule has 6 nitrogen and oxygen atoms in total. The lowest BCUT2D eigenvalue weighted by molar-refractivity contribution is 0.0714. The molecule has 0 bridgehead atoms. The van der Waals surface area contributed by atoms with Gasteiger partial charge in [0.15, 0.2) is 5.76 Å². The number of likely N-dealkylation sites (tertiary alicyclic amines) is 1. The van der Waals surface area contributed by atoms with Crippen molar-refractivity contribution in [1.29, 1.82) is 0 Å². The van der Waals surface area contributed by atoms with Crippen LogP contribution in [0.25, 0.3) is 0 Å². The van der Waals surface area contributed by atoms with Crippen LogP contribution in [0.1, 0.15) is 39.3 Å². The Balaban J connectivity index is 1.76. The van der Waals surface area contributed by atoms with E-state index in [0.717, 1.165) is 18.4 Å². The molecule has 0 unspecified atom stereocenters. The zero-order valence-corrected chi connectivity index (χ0v) is 13.6. The Bertz CT molecular complexity index is 732. The number of hydrogen-bond acceptors (Lipinski definition) is 4. The molecule has 1 aromatic carbocycles. The fourth-order valence-corrected chi connectivity index (χ4v) is 2.77. The van der Waals surface area contributed by atoms with Gasteiger partial charge < -0.3 is 20.4 Å². The fraction of sp³-hybridized carbons (Fsp3) is 0.333. The number of rotatable bonds is 3. The lowest BCUT2D eigenvalue weighted by Crippen LogP contribution is -2.42. The Morgan fingerprint density at radius 3 is 2.67 bits per heavy atom. The van der Waals surface area contributed by atoms with Crippen LogP contribution in [0.5, 0.6) is 0 Å². The molecule has 1 aliphatic rings. The second-order valence-corrected chi connectivity index (χ2v) is 6.09. The molecule has 0 saturated carbocycles. The summed E-state index contributed by atoms with van der Waals surface area (Å²) in [6.07, 6.45) is 3.09. The maximum atomic E-state index is 12.6. The van der Waals surface area contributed by atoms with Crippen molar-refractivity contribution in [1.82, 2.24) is 4.90 Å². The van der Waals surface area contributed by atoms with Crippen LogP contribution < -0.4 is 11.1 Å². The number of amides is 2. The Hall–Kier alpha value is -2.60. The monoisotopic (exact) mass is 327 g/mol. The molecule has 0 radical (unpaired) electrons. The van der Waals surface area contributed by atoms with Crippen LogP contribution in [0.2, 0.25) is 0 Å². The summed E-state index contributed by atoms with van der Waals surface area (Å²) in [6.45, 7) is 3.22. The van der Waals surface area contributed by atoms with Gasteiger partial charge in [-0.3, -0.25) is 9.59 Å². The molecular weight excluding hydrogens is 306 g/mol. The molecule has 0 atom stereocenters. The molecule has 2 aromatic rings. The molecule has 1 aromatic heterocycles. The lowest BCUT2D eigenvalue weighted by Gasteiger charge is -2.30. The highest BCUT2D eigenvalue weighted by Crippen LogP contribution is 2.20. The van der Waals surface area contributed by atoms with Crippen molar-refractivity contribution < 1.29 is 14.0 Å². The molecule has 0 aliphatic carbocycles. The molecule has 2 amide bonds. The third kappa shape index (κ3) is 3.49. The molecular formula is C18H21N3O3. The predicted molar refractivity (Wildman–Crippen MR) is 91.0 cm³/mol. The van der Waals surface area contributed by atoms with Crippen LogP contribution in [0.4, 0.5) is 5.69 Å². The van der Waals surface area contributed by atoms with Gasteiger partial charge in [0.05, 0.1) is 6.26 Å². The maximum Gasteiger partial charge on any atom is 0.291 e. The highest BCUT2D eigenvalue weighted by atomic mass is 16.3. The van der Waals surface area contributed by atoms with E-state index < -0.39 is 0 Å². The van der Waals surface area contributed by atoms with Crippen molar-refractivity contribution in [3.8, 4) is 0 Å². The molecule has 1 saturated heterocycles. The van der Waals surface area contributed by atoms with E-state index in [2.05, 4.69) is 5.32 Å². The van der Waals surface area contributed by atoms with Gasteiger partial charge in [0.2, 0.25) is 0 Å². The number of carbonyl (C=O) groups excluding carboxylic acids is 2. The summed E-state index contributed by atoms with van der Waals surface area (Å²) in [5.41, 5.74) is 7.94. The lowest BCUT2D eigenvalue weighted by atomic mass is 10.0. The van der Waals surface area contributed by atoms with Crippen LogP contribution >= 0.6 is 0 Å². The number of carbonyl (C=O) groups is 2. The van der Waals surface area contributed by atoms with Crippen LogP contribution in [0, 0.1) is 6.92 Å². The third-order valence-electron chi connectivity index (χ3n) is 4.30. The number of benzene rings is 1. The molecule has 0 spiro atoms. The summed E-state index contributed by atoms with van der Waals surface area (Å²) in [6, 6.07) is 8.76. The van der Waals surface area contributed by atoms with Crippen LogP contribution in [0.15, 0.2) is 41.0 Å². The highest BCUT2D eigenvalue weighted by molar-refractivity contribution is 6.03. The molecule has 2 heterocycles. The van der Waals surface area contributed by atoms with Gasteiger partial charge in [-0.25, -0.2) is 0 Å². The highest BCUT2D eigenvalue weighted by Gasteiger charge is 2.22. The van der Waals surface area contributed by atoms with E-state index in [1.807, 2.05) is 17.9 Å². The first-order chi connectivity index (χ1) is 11.5. The fourth-order valence-electron chi connectivity index (χ4n) is 2.77. The van der Waals surface area contributed by atoms with Gasteiger partial charge in [-0.15, -0.1) is 0 Å². The number of furan rings is 1. The van der Waals surface area contributed by atoms with Gasteiger partial charge in [-0.2, -0.15) is 0 Å². The first-order valence-electron chi connectivity index (χ1n) is 8.05. The standard InChI is InChI=1S/C18H21N3O3/c1-12-4-5-13(18(23)21-8-6-14(19)7-9-21)11-15(12)20-17(22)16-3-2-10-24-16/h2-5,10-11,14H,6-9,19H2,1H3,(H,20,22). The molecule has 6 heteroatoms. The van der Waals surface area contributed by atoms with Crippen LogP contribution in [-0.4, -0.2) is 35.8 Å². The van der Waals surface area contributed by atoms with Gasteiger partial charge in [0, 0.05) is 30.4 Å². The SMILES string of the molecule is Cc1ccc(C(=O)N2CCC(N)CC2)cc1NC(=O)c1ccco1. The zero-order valence-electron chi connectivity index (χ0n) is 13.6. The molecule has 1 fully saturated rings. The number of nitrogens with zero attached hydrogens (tertiary/aromatic N) is 1. The number of nitrogens with two attached hydrogens (primary N) is 1. The summed E-state index contributed by atoms with van der Waals surface area (Å²) >= 11 is 0. The molecule has 1 aliphatic heterocycles. The number of anilines is 1. The molecule has 126 valence electrons. The van der Waals surface area contributed by atoms with Gasteiger partial charge in [-0.1, -0.05) is 6.07 Å². The summed E-state index contributed by atoms with van der Waals surface area (Å²) in [4.78, 5) is 26.6. The minimum atomic E-state index is -0.336. The Morgan fingerprint density at radius 2 is 2.00 bits per heavy atom.